The highest BCUT2D eigenvalue weighted by atomic mass is 19.4. The Morgan fingerprint density at radius 2 is 1.58 bits per heavy atom. The summed E-state index contributed by atoms with van der Waals surface area (Å²) in [6.45, 7) is 6.34. The molecule has 12 heteroatoms. The summed E-state index contributed by atoms with van der Waals surface area (Å²) in [7, 11) is 1.57. The van der Waals surface area contributed by atoms with E-state index in [4.69, 9.17) is 10.5 Å². The van der Waals surface area contributed by atoms with Crippen LogP contribution in [-0.2, 0) is 12.7 Å². The number of aromatic nitrogens is 2. The molecule has 9 nitrogen and oxygen atoms in total. The summed E-state index contributed by atoms with van der Waals surface area (Å²) in [5.41, 5.74) is 7.66. The number of methoxy groups -OCH3 is 1. The Morgan fingerprint density at radius 1 is 0.930 bits per heavy atom. The largest absolute Gasteiger partial charge is 0.496 e. The highest BCUT2D eigenvalue weighted by Crippen LogP contribution is 2.32. The van der Waals surface area contributed by atoms with Crippen molar-refractivity contribution < 1.29 is 22.7 Å². The second-order valence-electron chi connectivity index (χ2n) is 9.44. The zero-order valence-corrected chi connectivity index (χ0v) is 23.9. The molecule has 4 N–H and O–H groups in total. The van der Waals surface area contributed by atoms with Crippen molar-refractivity contribution in [3.8, 4) is 5.75 Å². The molecule has 0 radical (unpaired) electrons. The number of benzene rings is 3. The maximum absolute atomic E-state index is 13.7. The Balaban J connectivity index is 1.56. The molecule has 0 saturated heterocycles. The van der Waals surface area contributed by atoms with E-state index in [1.165, 1.54) is 0 Å². The van der Waals surface area contributed by atoms with Gasteiger partial charge in [0.2, 0.25) is 5.96 Å². The first kappa shape index (κ1) is 31.0. The van der Waals surface area contributed by atoms with E-state index < -0.39 is 17.8 Å². The SMILES string of the molecule is CCN(CC)Cc1cc(Nc2cc(C(F)(F)F)nc(/N=C(\N)Nc3ccc(C(=O)c4ccccc4)cc3)n2)ccc1OC. The van der Waals surface area contributed by atoms with Crippen LogP contribution in [0, 0.1) is 0 Å². The van der Waals surface area contributed by atoms with Crippen LogP contribution < -0.4 is 21.1 Å². The van der Waals surface area contributed by atoms with Crippen LogP contribution in [0.1, 0.15) is 41.0 Å². The minimum Gasteiger partial charge on any atom is -0.496 e. The fourth-order valence-corrected chi connectivity index (χ4v) is 4.25. The molecular formula is C31H32F3N7O2. The average Bonchev–Trinajstić information content (AvgIpc) is 3.00. The minimum absolute atomic E-state index is 0.114. The summed E-state index contributed by atoms with van der Waals surface area (Å²) >= 11 is 0. The zero-order chi connectivity index (χ0) is 31.0. The molecule has 0 aliphatic carbocycles. The van der Waals surface area contributed by atoms with Gasteiger partial charge in [0.1, 0.15) is 11.6 Å². The van der Waals surface area contributed by atoms with Crippen LogP contribution >= 0.6 is 0 Å². The van der Waals surface area contributed by atoms with Crippen molar-refractivity contribution >= 4 is 34.9 Å². The summed E-state index contributed by atoms with van der Waals surface area (Å²) in [5.74, 6) is -0.328. The summed E-state index contributed by atoms with van der Waals surface area (Å²) in [6.07, 6.45) is -4.75. The number of rotatable bonds is 11. The quantitative estimate of drug-likeness (QED) is 0.105. The van der Waals surface area contributed by atoms with E-state index in [9.17, 15) is 18.0 Å². The Bertz CT molecular complexity index is 1570. The summed E-state index contributed by atoms with van der Waals surface area (Å²) < 4.78 is 46.6. The predicted octanol–water partition coefficient (Wildman–Crippen LogP) is 6.38. The van der Waals surface area contributed by atoms with Crippen LogP contribution in [0.3, 0.4) is 0 Å². The van der Waals surface area contributed by atoms with Crippen molar-refractivity contribution in [1.29, 1.82) is 0 Å². The number of guanidine groups is 1. The first-order chi connectivity index (χ1) is 20.6. The third kappa shape index (κ3) is 8.29. The highest BCUT2D eigenvalue weighted by Gasteiger charge is 2.34. The number of ketones is 1. The monoisotopic (exact) mass is 591 g/mol. The normalized spacial score (nSPS) is 11.8. The second-order valence-corrected chi connectivity index (χ2v) is 9.44. The lowest BCUT2D eigenvalue weighted by atomic mass is 10.0. The smallest absolute Gasteiger partial charge is 0.433 e. The van der Waals surface area contributed by atoms with Crippen molar-refractivity contribution in [2.75, 3.05) is 30.8 Å². The van der Waals surface area contributed by atoms with Gasteiger partial charge in [-0.1, -0.05) is 44.2 Å². The van der Waals surface area contributed by atoms with Gasteiger partial charge >= 0.3 is 6.18 Å². The van der Waals surface area contributed by atoms with Crippen LogP contribution in [0.25, 0.3) is 0 Å². The van der Waals surface area contributed by atoms with Crippen LogP contribution in [0.4, 0.5) is 36.3 Å². The molecule has 224 valence electrons. The number of hydrogen-bond acceptors (Lipinski definition) is 7. The number of nitrogens with two attached hydrogens (primary N) is 1. The lowest BCUT2D eigenvalue weighted by Gasteiger charge is -2.20. The fourth-order valence-electron chi connectivity index (χ4n) is 4.25. The van der Waals surface area contributed by atoms with Crippen molar-refractivity contribution in [1.82, 2.24) is 14.9 Å². The average molecular weight is 592 g/mol. The molecule has 0 saturated carbocycles. The summed E-state index contributed by atoms with van der Waals surface area (Å²) in [6, 6.07) is 21.3. The van der Waals surface area contributed by atoms with Gasteiger partial charge < -0.3 is 21.1 Å². The van der Waals surface area contributed by atoms with Crippen LogP contribution in [-0.4, -0.2) is 46.8 Å². The van der Waals surface area contributed by atoms with E-state index in [-0.39, 0.29) is 17.6 Å². The number of nitrogens with zero attached hydrogens (tertiary/aromatic N) is 4. The van der Waals surface area contributed by atoms with Crippen LogP contribution in [0.5, 0.6) is 5.75 Å². The number of halogens is 3. The molecule has 4 aromatic rings. The number of nitrogens with one attached hydrogen (secondary N) is 2. The number of anilines is 3. The molecule has 0 amide bonds. The molecule has 0 spiro atoms. The van der Waals surface area contributed by atoms with E-state index in [1.54, 1.807) is 73.8 Å². The van der Waals surface area contributed by atoms with E-state index in [0.29, 0.717) is 34.8 Å². The standard InChI is InChI=1S/C31H32F3N7O2/c1-4-41(5-2)19-22-17-24(15-16-25(22)43-3)36-27-18-26(31(32,33)34)38-30(39-27)40-29(35)37-23-13-11-21(12-14-23)28(42)20-9-7-6-8-10-20/h6-18H,4-5,19H2,1-3H3,(H4,35,36,37,38,39,40). The molecule has 0 fully saturated rings. The molecule has 0 bridgehead atoms. The molecule has 0 unspecified atom stereocenters. The number of ether oxygens (including phenoxy) is 1. The van der Waals surface area contributed by atoms with Gasteiger partial charge in [0.05, 0.1) is 7.11 Å². The fraction of sp³-hybridized carbons (Fsp3) is 0.226. The lowest BCUT2D eigenvalue weighted by Crippen LogP contribution is -2.22. The molecule has 0 aliphatic rings. The van der Waals surface area contributed by atoms with Crippen molar-refractivity contribution in [2.45, 2.75) is 26.6 Å². The Hall–Kier alpha value is -4.97. The van der Waals surface area contributed by atoms with Crippen molar-refractivity contribution in [3.63, 3.8) is 0 Å². The zero-order valence-electron chi connectivity index (χ0n) is 23.9. The van der Waals surface area contributed by atoms with Gasteiger partial charge in [-0.3, -0.25) is 9.69 Å². The lowest BCUT2D eigenvalue weighted by molar-refractivity contribution is -0.141. The predicted molar refractivity (Wildman–Crippen MR) is 161 cm³/mol. The van der Waals surface area contributed by atoms with Gasteiger partial charge in [0, 0.05) is 40.7 Å². The van der Waals surface area contributed by atoms with Gasteiger partial charge in [-0.05, 0) is 55.6 Å². The Kier molecular flexibility index (Phi) is 9.94. The second kappa shape index (κ2) is 13.8. The number of carbonyl (C=O) groups excluding carboxylic acids is 1. The first-order valence-electron chi connectivity index (χ1n) is 13.5. The topological polar surface area (TPSA) is 118 Å². The molecule has 1 heterocycles. The number of hydrogen-bond donors (Lipinski definition) is 3. The number of carbonyl (C=O) groups is 1. The van der Waals surface area contributed by atoms with Gasteiger partial charge in [-0.2, -0.15) is 23.1 Å². The highest BCUT2D eigenvalue weighted by molar-refractivity contribution is 6.09. The third-order valence-electron chi connectivity index (χ3n) is 6.52. The molecule has 3 aromatic carbocycles. The van der Waals surface area contributed by atoms with Crippen molar-refractivity contribution in [3.05, 3.63) is 101 Å². The minimum atomic E-state index is -4.75. The molecule has 4 rings (SSSR count). The van der Waals surface area contributed by atoms with Crippen molar-refractivity contribution in [2.24, 2.45) is 10.7 Å². The van der Waals surface area contributed by atoms with E-state index in [0.717, 1.165) is 24.7 Å². The summed E-state index contributed by atoms with van der Waals surface area (Å²) in [5, 5.41) is 5.71. The number of aliphatic imine (C=N–C) groups is 1. The van der Waals surface area contributed by atoms with E-state index in [1.807, 2.05) is 19.9 Å². The maximum Gasteiger partial charge on any atom is 0.433 e. The van der Waals surface area contributed by atoms with E-state index in [2.05, 4.69) is 30.5 Å². The van der Waals surface area contributed by atoms with Gasteiger partial charge in [0.15, 0.2) is 11.5 Å². The Labute approximate surface area is 247 Å². The molecule has 1 aromatic heterocycles. The third-order valence-corrected chi connectivity index (χ3v) is 6.52. The van der Waals surface area contributed by atoms with Crippen LogP contribution in [0.2, 0.25) is 0 Å². The molecule has 0 aliphatic heterocycles. The van der Waals surface area contributed by atoms with Gasteiger partial charge in [-0.25, -0.2) is 4.98 Å². The number of alkyl halides is 3. The first-order valence-corrected chi connectivity index (χ1v) is 13.5. The van der Waals surface area contributed by atoms with Crippen LogP contribution in [0.15, 0.2) is 83.9 Å². The summed E-state index contributed by atoms with van der Waals surface area (Å²) in [4.78, 5) is 26.5. The Morgan fingerprint density at radius 3 is 2.21 bits per heavy atom. The maximum atomic E-state index is 13.7. The molecule has 0 atom stereocenters. The molecule has 43 heavy (non-hydrogen) atoms. The van der Waals surface area contributed by atoms with E-state index >= 15 is 0 Å². The molecular weight excluding hydrogens is 559 g/mol. The van der Waals surface area contributed by atoms with Gasteiger partial charge in [-0.15, -0.1) is 0 Å². The van der Waals surface area contributed by atoms with Gasteiger partial charge in [0.25, 0.3) is 5.95 Å².